The zero-order chi connectivity index (χ0) is 35.6. The SMILES string of the molecule is C.C.C.C.COC(=O)c1nc(C)cc(C)n1.Cc1cc(C)nc(CCl)n1.Cc1cc(C)nc(CO)n1.Cc1cc(C)nc(Cl)n1.O=P(Cl)(Cl)Cl.[B].[H-].[Na+]. The second-order valence-corrected chi connectivity index (χ2v) is 16.5. The molecule has 1 N–H and O–H groups in total. The van der Waals surface area contributed by atoms with Gasteiger partial charge in [0.25, 0.3) is 0 Å². The Bertz CT molecular complexity index is 1470. The number of aryl methyl sites for hydroxylation is 8. The van der Waals surface area contributed by atoms with E-state index in [1.54, 1.807) is 19.9 Å². The third-order valence-corrected chi connectivity index (χ3v) is 5.03. The van der Waals surface area contributed by atoms with Crippen LogP contribution in [0.1, 0.15) is 99.0 Å². The van der Waals surface area contributed by atoms with Crippen molar-refractivity contribution in [2.75, 3.05) is 7.11 Å². The van der Waals surface area contributed by atoms with Gasteiger partial charge in [-0.2, -0.15) is 0 Å². The summed E-state index contributed by atoms with van der Waals surface area (Å²) in [4.78, 5) is 42.8. The molecule has 0 unspecified atom stereocenters. The number of hydrogen-bond acceptors (Lipinski definition) is 12. The van der Waals surface area contributed by atoms with Gasteiger partial charge in [-0.25, -0.2) is 44.7 Å². The topological polar surface area (TPSA) is 167 Å². The number of aliphatic hydroxyl groups excluding tert-OH is 1. The molecule has 3 radical (unpaired) electrons. The minimum Gasteiger partial charge on any atom is -1.00 e. The van der Waals surface area contributed by atoms with Crippen LogP contribution in [0.5, 0.6) is 0 Å². The van der Waals surface area contributed by atoms with Crippen molar-refractivity contribution in [1.29, 1.82) is 0 Å². The Morgan fingerprint density at radius 1 is 0.654 bits per heavy atom. The van der Waals surface area contributed by atoms with Crippen LogP contribution >= 0.6 is 62.1 Å². The minimum atomic E-state index is -3.22. The molecule has 0 spiro atoms. The van der Waals surface area contributed by atoms with E-state index in [0.717, 1.165) is 45.6 Å². The molecule has 20 heteroatoms. The van der Waals surface area contributed by atoms with Crippen molar-refractivity contribution in [1.82, 2.24) is 39.9 Å². The fourth-order valence-electron chi connectivity index (χ4n) is 3.32. The van der Waals surface area contributed by atoms with Gasteiger partial charge in [0.1, 0.15) is 12.4 Å². The van der Waals surface area contributed by atoms with Gasteiger partial charge in [0.15, 0.2) is 5.82 Å². The number of hydrogen-bond donors (Lipinski definition) is 1. The number of aliphatic hydroxyl groups is 1. The van der Waals surface area contributed by atoms with E-state index in [1.807, 2.05) is 59.7 Å². The molecule has 4 rings (SSSR count). The fourth-order valence-corrected chi connectivity index (χ4v) is 3.71. The maximum Gasteiger partial charge on any atom is 1.00 e. The van der Waals surface area contributed by atoms with Crippen LogP contribution in [0.15, 0.2) is 24.3 Å². The van der Waals surface area contributed by atoms with Gasteiger partial charge in [-0.1, -0.05) is 29.7 Å². The molecule has 0 aromatic carbocycles. The molecule has 4 aromatic heterocycles. The smallest absolute Gasteiger partial charge is 1.00 e. The van der Waals surface area contributed by atoms with Crippen molar-refractivity contribution < 1.29 is 50.2 Å². The summed E-state index contributed by atoms with van der Waals surface area (Å²) in [5.41, 5.74) is 7.10. The Morgan fingerprint density at radius 2 is 0.904 bits per heavy atom. The standard InChI is InChI=1S/C8H10N2O2.C7H9ClN2.C7H10N2O.C6H7ClN2.4CH4.B.Cl3OP.Na.H/c1-5-4-6(2)10-7(9-5)8(11)12-3;1-5-3-6(2)10-7(4-8)9-5;1-5-3-6(2)9-7(4-10)8-5;1-4-3-5(2)9-6(7)8-4;;;;;;1-5(2,3)4;;/h4H,1-3H3;3H,4H2,1-2H3;3,10H,4H2,1-2H3;3H,1-2H3;4*1H4;;;;/q;;;;;;;;;;+1;-1. The number of ether oxygens (including phenoxy) is 1. The van der Waals surface area contributed by atoms with Crippen LogP contribution in [0.3, 0.4) is 0 Å². The van der Waals surface area contributed by atoms with Crippen molar-refractivity contribution in [3.05, 3.63) is 92.6 Å². The van der Waals surface area contributed by atoms with Gasteiger partial charge in [0, 0.05) is 54.0 Å². The molecule has 0 bridgehead atoms. The van der Waals surface area contributed by atoms with Gasteiger partial charge in [-0.05, 0) is 125 Å². The van der Waals surface area contributed by atoms with E-state index < -0.39 is 11.2 Å². The molecule has 0 aliphatic rings. The van der Waals surface area contributed by atoms with Crippen molar-refractivity contribution in [2.24, 2.45) is 0 Å². The van der Waals surface area contributed by atoms with E-state index in [4.69, 9.17) is 28.3 Å². The number of nitrogens with zero attached hydrogens (tertiary/aromatic N) is 8. The molecule has 0 saturated carbocycles. The number of halogens is 5. The molecular formula is C32H53BCl5N8NaO4P. The molecule has 0 aliphatic carbocycles. The summed E-state index contributed by atoms with van der Waals surface area (Å²) in [6, 6.07) is 7.48. The largest absolute Gasteiger partial charge is 1.00 e. The normalized spacial score (nSPS) is 8.83. The summed E-state index contributed by atoms with van der Waals surface area (Å²) in [6.45, 7) is 14.9. The van der Waals surface area contributed by atoms with Gasteiger partial charge in [0.2, 0.25) is 11.1 Å². The average Bonchev–Trinajstić information content (AvgIpc) is 2.90. The van der Waals surface area contributed by atoms with Crippen LogP contribution in [0.2, 0.25) is 5.28 Å². The summed E-state index contributed by atoms with van der Waals surface area (Å²) in [5, 5.41) is 5.77. The molecule has 12 nitrogen and oxygen atoms in total. The minimum absolute atomic E-state index is 0. The zero-order valence-corrected chi connectivity index (χ0v) is 35.1. The molecule has 0 aliphatic heterocycles. The molecule has 0 saturated heterocycles. The molecule has 0 fully saturated rings. The predicted octanol–water partition coefficient (Wildman–Crippen LogP) is 7.14. The van der Waals surface area contributed by atoms with Gasteiger partial charge < -0.3 is 11.3 Å². The number of aromatic nitrogens is 8. The Balaban J connectivity index is -0.0000000784. The number of esters is 1. The van der Waals surface area contributed by atoms with Crippen LogP contribution in [0.4, 0.5) is 0 Å². The maximum absolute atomic E-state index is 11.0. The second-order valence-electron chi connectivity index (χ2n) is 9.21. The molecule has 4 heterocycles. The zero-order valence-electron chi connectivity index (χ0n) is 29.4. The quantitative estimate of drug-likeness (QED) is 0.0729. The molecule has 4 aromatic rings. The Labute approximate surface area is 361 Å². The van der Waals surface area contributed by atoms with Crippen molar-refractivity contribution in [2.45, 2.75) is 97.6 Å². The fraction of sp³-hybridized carbons (Fsp3) is 0.469. The van der Waals surface area contributed by atoms with Gasteiger partial charge in [0.05, 0.1) is 13.0 Å². The van der Waals surface area contributed by atoms with E-state index in [-0.39, 0.29) is 81.5 Å². The first-order chi connectivity index (χ1) is 21.3. The van der Waals surface area contributed by atoms with E-state index in [9.17, 15) is 9.36 Å². The van der Waals surface area contributed by atoms with E-state index in [0.29, 0.717) is 22.8 Å². The summed E-state index contributed by atoms with van der Waals surface area (Å²) >= 11 is 24.9. The van der Waals surface area contributed by atoms with E-state index >= 15 is 0 Å². The molecule has 52 heavy (non-hydrogen) atoms. The molecule has 0 atom stereocenters. The van der Waals surface area contributed by atoms with Crippen molar-refractivity contribution >= 4 is 76.5 Å². The molecule has 289 valence electrons. The van der Waals surface area contributed by atoms with Crippen LogP contribution < -0.4 is 29.6 Å². The summed E-state index contributed by atoms with van der Waals surface area (Å²) in [6.07, 6.45) is 0. The van der Waals surface area contributed by atoms with Crippen LogP contribution in [-0.2, 0) is 21.8 Å². The Hall–Kier alpha value is -1.51. The summed E-state index contributed by atoms with van der Waals surface area (Å²) < 4.78 is 14.0. The first-order valence-electron chi connectivity index (χ1n) is 13.1. The van der Waals surface area contributed by atoms with Gasteiger partial charge in [-0.3, -0.25) is 4.57 Å². The Kier molecular flexibility index (Phi) is 42.8. The van der Waals surface area contributed by atoms with Crippen molar-refractivity contribution in [3.63, 3.8) is 0 Å². The predicted molar refractivity (Wildman–Crippen MR) is 217 cm³/mol. The van der Waals surface area contributed by atoms with Gasteiger partial charge >= 0.3 is 40.7 Å². The van der Waals surface area contributed by atoms with Crippen LogP contribution in [0.25, 0.3) is 0 Å². The van der Waals surface area contributed by atoms with Gasteiger partial charge in [-0.15, -0.1) is 11.6 Å². The van der Waals surface area contributed by atoms with Crippen LogP contribution in [0, 0.1) is 55.4 Å². The summed E-state index contributed by atoms with van der Waals surface area (Å²) in [5.74, 6) is 1.22. The number of rotatable bonds is 3. The number of carbonyl (C=O) groups excluding carboxylic acids is 1. The monoisotopic (exact) mass is 853 g/mol. The van der Waals surface area contributed by atoms with Crippen LogP contribution in [-0.4, -0.2) is 66.5 Å². The molecule has 0 amide bonds. The number of alkyl halides is 1. The molecular weight excluding hydrogens is 802 g/mol. The average molecular weight is 856 g/mol. The van der Waals surface area contributed by atoms with Crippen molar-refractivity contribution in [3.8, 4) is 0 Å². The number of methoxy groups -OCH3 is 1. The Morgan fingerprint density at radius 3 is 1.13 bits per heavy atom. The third-order valence-electron chi connectivity index (χ3n) is 4.62. The second kappa shape index (κ2) is 34.0. The summed E-state index contributed by atoms with van der Waals surface area (Å²) in [7, 11) is 1.31. The third kappa shape index (κ3) is 34.3. The van der Waals surface area contributed by atoms with E-state index in [1.165, 1.54) is 7.11 Å². The maximum atomic E-state index is 11.0. The first kappa shape index (κ1) is 65.4. The van der Waals surface area contributed by atoms with E-state index in [2.05, 4.69) is 78.3 Å². The first-order valence-corrected chi connectivity index (χ1v) is 18.5. The number of carbonyl (C=O) groups is 1.